The number of carboxylic acid groups (broad SMARTS) is 1. The first-order chi connectivity index (χ1) is 9.99. The Morgan fingerprint density at radius 2 is 1.86 bits per heavy atom. The summed E-state index contributed by atoms with van der Waals surface area (Å²) in [6.07, 6.45) is 0. The topological polar surface area (TPSA) is 102 Å². The van der Waals surface area contributed by atoms with Crippen LogP contribution in [0.25, 0.3) is 0 Å². The number of rotatable bonds is 5. The molecule has 0 bridgehead atoms. The fourth-order valence-electron chi connectivity index (χ4n) is 1.83. The highest BCUT2D eigenvalue weighted by Crippen LogP contribution is 2.19. The quantitative estimate of drug-likeness (QED) is 0.718. The van der Waals surface area contributed by atoms with Gasteiger partial charge in [0.25, 0.3) is 0 Å². The smallest absolute Gasteiger partial charge is 0.335 e. The maximum absolute atomic E-state index is 12.2. The monoisotopic (exact) mass is 307 g/mol. The van der Waals surface area contributed by atoms with E-state index >= 15 is 0 Å². The summed E-state index contributed by atoms with van der Waals surface area (Å²) in [6.45, 7) is 0. The molecule has 2 aromatic carbocycles. The second kappa shape index (κ2) is 6.59. The summed E-state index contributed by atoms with van der Waals surface area (Å²) in [4.78, 5) is 11.5. The number of carbonyl (C=O) groups is 1. The maximum Gasteiger partial charge on any atom is 0.335 e. The SMILES string of the molecule is O=C(O)c1ccc(CS(=O)c2ccccc2)c([NH+]([O-])O)c1. The number of carboxylic acids is 1. The van der Waals surface area contributed by atoms with Gasteiger partial charge >= 0.3 is 5.97 Å². The highest BCUT2D eigenvalue weighted by atomic mass is 32.2. The molecule has 0 aliphatic heterocycles. The first-order valence-electron chi connectivity index (χ1n) is 6.02. The van der Waals surface area contributed by atoms with Gasteiger partial charge in [0, 0.05) is 16.5 Å². The van der Waals surface area contributed by atoms with Gasteiger partial charge in [0.1, 0.15) is 0 Å². The third-order valence-corrected chi connectivity index (χ3v) is 4.25. The zero-order valence-electron chi connectivity index (χ0n) is 10.9. The molecule has 0 aliphatic rings. The second-order valence-corrected chi connectivity index (χ2v) is 5.74. The van der Waals surface area contributed by atoms with Crippen molar-refractivity contribution in [2.45, 2.75) is 10.6 Å². The average Bonchev–Trinajstić information content (AvgIpc) is 2.48. The van der Waals surface area contributed by atoms with Gasteiger partial charge in [0.15, 0.2) is 5.69 Å². The predicted molar refractivity (Wildman–Crippen MR) is 75.7 cm³/mol. The van der Waals surface area contributed by atoms with Crippen LogP contribution in [-0.4, -0.2) is 20.5 Å². The van der Waals surface area contributed by atoms with E-state index in [9.17, 15) is 14.2 Å². The molecule has 0 amide bonds. The molecule has 0 saturated heterocycles. The summed E-state index contributed by atoms with van der Waals surface area (Å²) in [5.74, 6) is -1.18. The van der Waals surface area contributed by atoms with Crippen LogP contribution < -0.4 is 5.23 Å². The van der Waals surface area contributed by atoms with Crippen LogP contribution in [0.1, 0.15) is 15.9 Å². The molecule has 2 unspecified atom stereocenters. The number of aromatic carboxylic acids is 1. The maximum atomic E-state index is 12.2. The minimum absolute atomic E-state index is 0.0194. The molecule has 0 aromatic heterocycles. The van der Waals surface area contributed by atoms with Crippen LogP contribution in [0.2, 0.25) is 0 Å². The molecule has 2 aromatic rings. The van der Waals surface area contributed by atoms with Gasteiger partial charge in [0.2, 0.25) is 0 Å². The molecule has 2 atom stereocenters. The summed E-state index contributed by atoms with van der Waals surface area (Å²) >= 11 is 0. The summed E-state index contributed by atoms with van der Waals surface area (Å²) in [7, 11) is -1.39. The Bertz CT molecular complexity index is 672. The zero-order chi connectivity index (χ0) is 15.4. The number of hydrogen-bond donors (Lipinski definition) is 3. The Balaban J connectivity index is 2.31. The molecule has 7 heteroatoms. The Hall–Kier alpha value is -2.06. The molecule has 110 valence electrons. The fraction of sp³-hybridized carbons (Fsp3) is 0.0714. The van der Waals surface area contributed by atoms with Crippen molar-refractivity contribution < 1.29 is 24.5 Å². The molecule has 0 radical (unpaired) electrons. The first kappa shape index (κ1) is 15.3. The lowest BCUT2D eigenvalue weighted by Gasteiger charge is -2.16. The van der Waals surface area contributed by atoms with Gasteiger partial charge in [0.05, 0.1) is 22.1 Å². The number of quaternary nitrogens is 1. The molecule has 2 rings (SSSR count). The molecule has 0 aliphatic carbocycles. The largest absolute Gasteiger partial charge is 0.595 e. The Labute approximate surface area is 123 Å². The summed E-state index contributed by atoms with van der Waals surface area (Å²) < 4.78 is 12.2. The van der Waals surface area contributed by atoms with Crippen LogP contribution in [0.3, 0.4) is 0 Å². The average molecular weight is 307 g/mol. The minimum atomic E-state index is -1.39. The molecular formula is C14H13NO5S. The van der Waals surface area contributed by atoms with E-state index in [0.717, 1.165) is 6.07 Å². The first-order valence-corrected chi connectivity index (χ1v) is 7.34. The number of nitrogens with one attached hydrogen (secondary N) is 1. The van der Waals surface area contributed by atoms with E-state index in [-0.39, 0.29) is 17.0 Å². The second-order valence-electron chi connectivity index (χ2n) is 4.29. The summed E-state index contributed by atoms with van der Waals surface area (Å²) in [6, 6.07) is 12.5. The van der Waals surface area contributed by atoms with Crippen LogP contribution in [0.15, 0.2) is 53.4 Å². The van der Waals surface area contributed by atoms with Crippen molar-refractivity contribution in [1.29, 1.82) is 0 Å². The van der Waals surface area contributed by atoms with E-state index in [1.807, 2.05) is 0 Å². The van der Waals surface area contributed by atoms with E-state index in [4.69, 9.17) is 10.3 Å². The normalized spacial score (nSPS) is 13.6. The third kappa shape index (κ3) is 3.73. The molecule has 0 fully saturated rings. The van der Waals surface area contributed by atoms with E-state index in [1.165, 1.54) is 12.1 Å². The molecule has 0 saturated carbocycles. The van der Waals surface area contributed by atoms with Crippen molar-refractivity contribution in [3.05, 3.63) is 64.9 Å². The van der Waals surface area contributed by atoms with E-state index in [2.05, 4.69) is 0 Å². The summed E-state index contributed by atoms with van der Waals surface area (Å²) in [5, 5.41) is 28.0. The predicted octanol–water partition coefficient (Wildman–Crippen LogP) is 1.10. The van der Waals surface area contributed by atoms with Gasteiger partial charge in [-0.3, -0.25) is 4.21 Å². The molecule has 6 nitrogen and oxygen atoms in total. The van der Waals surface area contributed by atoms with Gasteiger partial charge in [-0.05, 0) is 18.2 Å². The van der Waals surface area contributed by atoms with Gasteiger partial charge in [-0.1, -0.05) is 24.3 Å². The number of benzene rings is 2. The van der Waals surface area contributed by atoms with Crippen LogP contribution in [0.5, 0.6) is 0 Å². The van der Waals surface area contributed by atoms with Crippen molar-refractivity contribution in [2.75, 3.05) is 0 Å². The lowest BCUT2D eigenvalue weighted by Crippen LogP contribution is -2.99. The van der Waals surface area contributed by atoms with E-state index in [0.29, 0.717) is 10.5 Å². The van der Waals surface area contributed by atoms with Crippen molar-refractivity contribution >= 4 is 22.5 Å². The van der Waals surface area contributed by atoms with E-state index < -0.39 is 22.0 Å². The third-order valence-electron chi connectivity index (χ3n) is 2.88. The van der Waals surface area contributed by atoms with Crippen molar-refractivity contribution in [3.63, 3.8) is 0 Å². The van der Waals surface area contributed by atoms with Gasteiger partial charge in [-0.15, -0.1) is 0 Å². The van der Waals surface area contributed by atoms with Crippen LogP contribution in [-0.2, 0) is 16.6 Å². The van der Waals surface area contributed by atoms with Crippen molar-refractivity contribution in [2.24, 2.45) is 0 Å². The van der Waals surface area contributed by atoms with Crippen molar-refractivity contribution in [1.82, 2.24) is 0 Å². The fourth-order valence-corrected chi connectivity index (χ4v) is 2.99. The lowest BCUT2D eigenvalue weighted by molar-refractivity contribution is -0.991. The molecule has 3 N–H and O–H groups in total. The van der Waals surface area contributed by atoms with Crippen LogP contribution >= 0.6 is 0 Å². The lowest BCUT2D eigenvalue weighted by atomic mass is 10.1. The Morgan fingerprint density at radius 3 is 2.43 bits per heavy atom. The highest BCUT2D eigenvalue weighted by Gasteiger charge is 2.16. The van der Waals surface area contributed by atoms with Gasteiger partial charge in [-0.2, -0.15) is 5.23 Å². The Morgan fingerprint density at radius 1 is 1.19 bits per heavy atom. The molecule has 0 spiro atoms. The van der Waals surface area contributed by atoms with Crippen LogP contribution in [0.4, 0.5) is 5.69 Å². The molecule has 21 heavy (non-hydrogen) atoms. The Kier molecular flexibility index (Phi) is 4.81. The van der Waals surface area contributed by atoms with Crippen molar-refractivity contribution in [3.8, 4) is 0 Å². The number of hydrogen-bond acceptors (Lipinski definition) is 4. The van der Waals surface area contributed by atoms with E-state index in [1.54, 1.807) is 30.3 Å². The van der Waals surface area contributed by atoms with Gasteiger partial charge < -0.3 is 10.3 Å². The molecule has 0 heterocycles. The minimum Gasteiger partial charge on any atom is -0.595 e. The van der Waals surface area contributed by atoms with Gasteiger partial charge in [-0.25, -0.2) is 10.0 Å². The van der Waals surface area contributed by atoms with Crippen LogP contribution in [0, 0.1) is 5.21 Å². The molecular weight excluding hydrogens is 294 g/mol. The zero-order valence-corrected chi connectivity index (χ0v) is 11.7. The summed E-state index contributed by atoms with van der Waals surface area (Å²) in [5.41, 5.74) is 0.0931. The standard InChI is InChI=1S/C14H13NO5S/c16-14(17)10-6-7-11(13(8-10)15(18)19)9-21(20)12-4-2-1-3-5-12/h1-8,15,18H,9H2,(H,16,17). The highest BCUT2D eigenvalue weighted by molar-refractivity contribution is 7.84.